The van der Waals surface area contributed by atoms with Crippen molar-refractivity contribution in [3.8, 4) is 0 Å². The number of imide groups is 1. The molecule has 1 atom stereocenters. The lowest BCUT2D eigenvalue weighted by atomic mass is 9.98. The molecule has 1 saturated heterocycles. The Morgan fingerprint density at radius 1 is 1.00 bits per heavy atom. The first-order valence-electron chi connectivity index (χ1n) is 8.74. The molecule has 2 heterocycles. The monoisotopic (exact) mass is 350 g/mol. The van der Waals surface area contributed by atoms with E-state index in [1.54, 1.807) is 6.07 Å². The SMILES string of the molecule is O=C1C[C@@H](N2CC=C(c3ccccc3)CC2)C(=O)N1c1cccc(F)c1. The quantitative estimate of drug-likeness (QED) is 0.798. The molecule has 0 spiro atoms. The number of anilines is 1. The van der Waals surface area contributed by atoms with Crippen LogP contribution in [0, 0.1) is 5.82 Å². The molecule has 0 aromatic heterocycles. The van der Waals surface area contributed by atoms with Crippen LogP contribution in [0.5, 0.6) is 0 Å². The predicted octanol–water partition coefficient (Wildman–Crippen LogP) is 3.25. The summed E-state index contributed by atoms with van der Waals surface area (Å²) in [4.78, 5) is 28.3. The third-order valence-corrected chi connectivity index (χ3v) is 5.02. The number of hydrogen-bond acceptors (Lipinski definition) is 3. The van der Waals surface area contributed by atoms with Gasteiger partial charge in [-0.1, -0.05) is 42.5 Å². The van der Waals surface area contributed by atoms with E-state index >= 15 is 0 Å². The van der Waals surface area contributed by atoms with Crippen LogP contribution in [-0.2, 0) is 9.59 Å². The first kappa shape index (κ1) is 16.7. The van der Waals surface area contributed by atoms with Gasteiger partial charge in [0, 0.05) is 13.1 Å². The molecule has 1 fully saturated rings. The first-order chi connectivity index (χ1) is 12.6. The molecular formula is C21H19FN2O2. The molecule has 132 valence electrons. The number of benzene rings is 2. The van der Waals surface area contributed by atoms with E-state index in [0.717, 1.165) is 17.9 Å². The Labute approximate surface area is 151 Å². The third-order valence-electron chi connectivity index (χ3n) is 5.02. The van der Waals surface area contributed by atoms with Gasteiger partial charge in [-0.05, 0) is 35.8 Å². The van der Waals surface area contributed by atoms with Crippen LogP contribution in [-0.4, -0.2) is 35.8 Å². The van der Waals surface area contributed by atoms with Gasteiger partial charge in [0.2, 0.25) is 5.91 Å². The van der Waals surface area contributed by atoms with E-state index in [2.05, 4.69) is 18.2 Å². The fourth-order valence-corrected chi connectivity index (χ4v) is 3.67. The summed E-state index contributed by atoms with van der Waals surface area (Å²) in [5, 5.41) is 0. The minimum Gasteiger partial charge on any atom is -0.287 e. The van der Waals surface area contributed by atoms with Crippen LogP contribution in [0.15, 0.2) is 60.7 Å². The molecule has 2 aliphatic rings. The Bertz CT molecular complexity index is 879. The molecule has 4 rings (SSSR count). The third kappa shape index (κ3) is 3.06. The van der Waals surface area contributed by atoms with Gasteiger partial charge in [0.05, 0.1) is 18.2 Å². The normalized spacial score (nSPS) is 21.2. The number of carbonyl (C=O) groups is 2. The van der Waals surface area contributed by atoms with Gasteiger partial charge in [0.1, 0.15) is 5.82 Å². The van der Waals surface area contributed by atoms with Gasteiger partial charge in [-0.25, -0.2) is 9.29 Å². The number of carbonyl (C=O) groups excluding carboxylic acids is 2. The summed E-state index contributed by atoms with van der Waals surface area (Å²) in [7, 11) is 0. The van der Waals surface area contributed by atoms with Crippen LogP contribution in [0.25, 0.3) is 5.57 Å². The van der Waals surface area contributed by atoms with E-state index in [1.807, 2.05) is 23.1 Å². The van der Waals surface area contributed by atoms with E-state index in [1.165, 1.54) is 29.3 Å². The maximum Gasteiger partial charge on any atom is 0.251 e. The van der Waals surface area contributed by atoms with Crippen molar-refractivity contribution in [1.82, 2.24) is 4.90 Å². The van der Waals surface area contributed by atoms with E-state index in [0.29, 0.717) is 12.2 Å². The molecule has 4 nitrogen and oxygen atoms in total. The Kier molecular flexibility index (Phi) is 4.39. The van der Waals surface area contributed by atoms with Gasteiger partial charge >= 0.3 is 0 Å². The zero-order valence-corrected chi connectivity index (χ0v) is 14.3. The Balaban J connectivity index is 1.50. The van der Waals surface area contributed by atoms with Gasteiger partial charge in [-0.3, -0.25) is 14.5 Å². The minimum absolute atomic E-state index is 0.143. The van der Waals surface area contributed by atoms with Crippen LogP contribution < -0.4 is 4.90 Å². The van der Waals surface area contributed by atoms with Crippen LogP contribution >= 0.6 is 0 Å². The van der Waals surface area contributed by atoms with Crippen molar-refractivity contribution in [3.05, 3.63) is 72.1 Å². The highest BCUT2D eigenvalue weighted by Gasteiger charge is 2.42. The summed E-state index contributed by atoms with van der Waals surface area (Å²) in [5.74, 6) is -0.999. The summed E-state index contributed by atoms with van der Waals surface area (Å²) < 4.78 is 13.5. The summed E-state index contributed by atoms with van der Waals surface area (Å²) in [5.41, 5.74) is 2.77. The first-order valence-corrected chi connectivity index (χ1v) is 8.74. The van der Waals surface area contributed by atoms with E-state index in [4.69, 9.17) is 0 Å². The lowest BCUT2D eigenvalue weighted by molar-refractivity contribution is -0.122. The summed E-state index contributed by atoms with van der Waals surface area (Å²) in [6.07, 6.45) is 3.10. The van der Waals surface area contributed by atoms with Gasteiger partial charge < -0.3 is 0 Å². The van der Waals surface area contributed by atoms with Gasteiger partial charge in [0.15, 0.2) is 0 Å². The number of hydrogen-bond donors (Lipinski definition) is 0. The van der Waals surface area contributed by atoms with Crippen molar-refractivity contribution in [2.75, 3.05) is 18.0 Å². The van der Waals surface area contributed by atoms with Crippen LogP contribution in [0.3, 0.4) is 0 Å². The fourth-order valence-electron chi connectivity index (χ4n) is 3.67. The molecule has 0 aliphatic carbocycles. The molecule has 2 aromatic rings. The largest absolute Gasteiger partial charge is 0.287 e. The Morgan fingerprint density at radius 3 is 2.50 bits per heavy atom. The zero-order valence-electron chi connectivity index (χ0n) is 14.3. The molecule has 0 bridgehead atoms. The summed E-state index contributed by atoms with van der Waals surface area (Å²) >= 11 is 0. The number of rotatable bonds is 3. The van der Waals surface area contributed by atoms with Crippen LogP contribution in [0.4, 0.5) is 10.1 Å². The molecule has 0 saturated carbocycles. The molecule has 0 radical (unpaired) electrons. The highest BCUT2D eigenvalue weighted by atomic mass is 19.1. The molecule has 0 N–H and O–H groups in total. The zero-order chi connectivity index (χ0) is 18.1. The lowest BCUT2D eigenvalue weighted by Crippen LogP contribution is -2.44. The number of nitrogens with zero attached hydrogens (tertiary/aromatic N) is 2. The van der Waals surface area contributed by atoms with Crippen molar-refractivity contribution in [1.29, 1.82) is 0 Å². The highest BCUT2D eigenvalue weighted by molar-refractivity contribution is 6.22. The molecule has 5 heteroatoms. The second-order valence-corrected chi connectivity index (χ2v) is 6.61. The molecule has 2 aromatic carbocycles. The van der Waals surface area contributed by atoms with Crippen molar-refractivity contribution in [2.45, 2.75) is 18.9 Å². The summed E-state index contributed by atoms with van der Waals surface area (Å²) in [6.45, 7) is 1.35. The maximum atomic E-state index is 13.5. The average Bonchev–Trinajstić information content (AvgIpc) is 2.97. The molecule has 2 aliphatic heterocycles. The molecule has 2 amide bonds. The smallest absolute Gasteiger partial charge is 0.251 e. The number of halogens is 1. The second kappa shape index (κ2) is 6.84. The Hall–Kier alpha value is -2.79. The maximum absolute atomic E-state index is 13.5. The van der Waals surface area contributed by atoms with E-state index < -0.39 is 11.9 Å². The Morgan fingerprint density at radius 2 is 1.81 bits per heavy atom. The van der Waals surface area contributed by atoms with Crippen molar-refractivity contribution in [2.24, 2.45) is 0 Å². The van der Waals surface area contributed by atoms with Gasteiger partial charge in [-0.2, -0.15) is 0 Å². The van der Waals surface area contributed by atoms with Gasteiger partial charge in [-0.15, -0.1) is 0 Å². The van der Waals surface area contributed by atoms with E-state index in [-0.39, 0.29) is 18.2 Å². The van der Waals surface area contributed by atoms with Crippen LogP contribution in [0.1, 0.15) is 18.4 Å². The topological polar surface area (TPSA) is 40.6 Å². The van der Waals surface area contributed by atoms with Crippen molar-refractivity contribution < 1.29 is 14.0 Å². The van der Waals surface area contributed by atoms with Gasteiger partial charge in [0.25, 0.3) is 5.91 Å². The second-order valence-electron chi connectivity index (χ2n) is 6.61. The standard InChI is InChI=1S/C21H19FN2O2/c22-17-7-4-8-18(13-17)24-20(25)14-19(21(24)26)23-11-9-16(10-12-23)15-5-2-1-3-6-15/h1-9,13,19H,10-12,14H2/t19-/m1/s1. The van der Waals surface area contributed by atoms with Crippen molar-refractivity contribution in [3.63, 3.8) is 0 Å². The fraction of sp³-hybridized carbons (Fsp3) is 0.238. The molecule has 26 heavy (non-hydrogen) atoms. The number of amides is 2. The van der Waals surface area contributed by atoms with Crippen molar-refractivity contribution >= 4 is 23.1 Å². The summed E-state index contributed by atoms with van der Waals surface area (Å²) in [6, 6.07) is 15.3. The van der Waals surface area contributed by atoms with E-state index in [9.17, 15) is 14.0 Å². The molecular weight excluding hydrogens is 331 g/mol. The van der Waals surface area contributed by atoms with Crippen LogP contribution in [0.2, 0.25) is 0 Å². The predicted molar refractivity (Wildman–Crippen MR) is 97.9 cm³/mol. The highest BCUT2D eigenvalue weighted by Crippen LogP contribution is 2.29. The average molecular weight is 350 g/mol. The minimum atomic E-state index is -0.473. The molecule has 0 unspecified atom stereocenters. The lowest BCUT2D eigenvalue weighted by Gasteiger charge is -2.30.